The highest BCUT2D eigenvalue weighted by atomic mass is 19.1. The molecule has 3 aromatic rings. The zero-order chi connectivity index (χ0) is 19.3. The topological polar surface area (TPSA) is 38.5 Å². The number of hydrogen-bond donors (Lipinski definition) is 0. The SMILES string of the molecule is Cc1cc(C[C@@H]2COC[C@H]2N(Cc2ccccc2)Cc2ccc(F)cc2)on1. The largest absolute Gasteiger partial charge is 0.379 e. The molecule has 28 heavy (non-hydrogen) atoms. The summed E-state index contributed by atoms with van der Waals surface area (Å²) < 4.78 is 24.6. The summed E-state index contributed by atoms with van der Waals surface area (Å²) in [5.41, 5.74) is 3.25. The third-order valence-corrected chi connectivity index (χ3v) is 5.30. The Morgan fingerprint density at radius 2 is 1.71 bits per heavy atom. The van der Waals surface area contributed by atoms with Gasteiger partial charge in [0.05, 0.1) is 18.9 Å². The van der Waals surface area contributed by atoms with Crippen LogP contribution < -0.4 is 0 Å². The van der Waals surface area contributed by atoms with Gasteiger partial charge in [-0.05, 0) is 30.2 Å². The van der Waals surface area contributed by atoms with Crippen molar-refractivity contribution in [2.24, 2.45) is 5.92 Å². The van der Waals surface area contributed by atoms with Gasteiger partial charge in [0, 0.05) is 37.5 Å². The number of benzene rings is 2. The lowest BCUT2D eigenvalue weighted by Crippen LogP contribution is -2.40. The summed E-state index contributed by atoms with van der Waals surface area (Å²) >= 11 is 0. The molecule has 146 valence electrons. The maximum atomic E-state index is 13.3. The van der Waals surface area contributed by atoms with Gasteiger partial charge in [0.2, 0.25) is 0 Å². The van der Waals surface area contributed by atoms with Gasteiger partial charge in [0.15, 0.2) is 0 Å². The normalized spacial score (nSPS) is 19.4. The van der Waals surface area contributed by atoms with E-state index >= 15 is 0 Å². The van der Waals surface area contributed by atoms with Gasteiger partial charge in [-0.15, -0.1) is 0 Å². The smallest absolute Gasteiger partial charge is 0.137 e. The molecule has 0 radical (unpaired) electrons. The van der Waals surface area contributed by atoms with E-state index in [1.165, 1.54) is 17.7 Å². The quantitative estimate of drug-likeness (QED) is 0.610. The van der Waals surface area contributed by atoms with Crippen LogP contribution >= 0.6 is 0 Å². The van der Waals surface area contributed by atoms with Crippen LogP contribution in [0.4, 0.5) is 4.39 Å². The van der Waals surface area contributed by atoms with Crippen LogP contribution in [0.15, 0.2) is 65.2 Å². The van der Waals surface area contributed by atoms with Crippen LogP contribution in [0, 0.1) is 18.7 Å². The number of halogens is 1. The zero-order valence-corrected chi connectivity index (χ0v) is 16.1. The van der Waals surface area contributed by atoms with E-state index in [0.29, 0.717) is 19.1 Å². The molecule has 1 aliphatic heterocycles. The second kappa shape index (κ2) is 8.67. The van der Waals surface area contributed by atoms with Gasteiger partial charge in [-0.2, -0.15) is 0 Å². The standard InChI is InChI=1S/C23H25FN2O2/c1-17-11-22(28-25-17)12-20-15-27-16-23(20)26(13-18-5-3-2-4-6-18)14-19-7-9-21(24)10-8-19/h2-11,20,23H,12-16H2,1H3/t20-,23-/m1/s1. The minimum Gasteiger partial charge on any atom is -0.379 e. The van der Waals surface area contributed by atoms with Gasteiger partial charge in [0.1, 0.15) is 11.6 Å². The van der Waals surface area contributed by atoms with Crippen LogP contribution in [0.3, 0.4) is 0 Å². The van der Waals surface area contributed by atoms with E-state index in [-0.39, 0.29) is 11.9 Å². The highest BCUT2D eigenvalue weighted by Crippen LogP contribution is 2.27. The molecule has 4 nitrogen and oxygen atoms in total. The number of ether oxygens (including phenoxy) is 1. The third-order valence-electron chi connectivity index (χ3n) is 5.30. The van der Waals surface area contributed by atoms with Crippen molar-refractivity contribution in [1.29, 1.82) is 0 Å². The third kappa shape index (κ3) is 4.66. The van der Waals surface area contributed by atoms with E-state index in [2.05, 4.69) is 34.3 Å². The van der Waals surface area contributed by atoms with Crippen LogP contribution in [0.25, 0.3) is 0 Å². The van der Waals surface area contributed by atoms with Gasteiger partial charge < -0.3 is 9.26 Å². The summed E-state index contributed by atoms with van der Waals surface area (Å²) in [6.45, 7) is 4.89. The molecule has 1 saturated heterocycles. The molecule has 1 aromatic heterocycles. The molecule has 0 unspecified atom stereocenters. The van der Waals surface area contributed by atoms with Crippen molar-refractivity contribution in [3.05, 3.63) is 89.1 Å². The van der Waals surface area contributed by atoms with Crippen LogP contribution in [-0.2, 0) is 24.2 Å². The van der Waals surface area contributed by atoms with Crippen LogP contribution in [0.1, 0.15) is 22.6 Å². The predicted molar refractivity (Wildman–Crippen MR) is 105 cm³/mol. The van der Waals surface area contributed by atoms with Crippen molar-refractivity contribution >= 4 is 0 Å². The second-order valence-electron chi connectivity index (χ2n) is 7.52. The molecular formula is C23H25FN2O2. The molecule has 1 aliphatic rings. The molecule has 0 bridgehead atoms. The number of hydrogen-bond acceptors (Lipinski definition) is 4. The summed E-state index contributed by atoms with van der Waals surface area (Å²) in [6.07, 6.45) is 0.806. The highest BCUT2D eigenvalue weighted by molar-refractivity contribution is 5.18. The maximum absolute atomic E-state index is 13.3. The fraction of sp³-hybridized carbons (Fsp3) is 0.348. The molecule has 1 fully saturated rings. The van der Waals surface area contributed by atoms with E-state index in [0.717, 1.165) is 36.5 Å². The van der Waals surface area contributed by atoms with Crippen LogP contribution in [-0.4, -0.2) is 29.3 Å². The van der Waals surface area contributed by atoms with Crippen molar-refractivity contribution in [2.45, 2.75) is 32.5 Å². The number of aryl methyl sites for hydroxylation is 1. The van der Waals surface area contributed by atoms with E-state index < -0.39 is 0 Å². The monoisotopic (exact) mass is 380 g/mol. The Labute approximate surface area is 164 Å². The first-order valence-electron chi connectivity index (χ1n) is 9.70. The maximum Gasteiger partial charge on any atom is 0.137 e. The first kappa shape index (κ1) is 18.8. The first-order valence-corrected chi connectivity index (χ1v) is 9.70. The number of aromatic nitrogens is 1. The average Bonchev–Trinajstić information content (AvgIpc) is 3.33. The van der Waals surface area contributed by atoms with Crippen LogP contribution in [0.5, 0.6) is 0 Å². The molecule has 0 saturated carbocycles. The van der Waals surface area contributed by atoms with Gasteiger partial charge in [-0.25, -0.2) is 4.39 Å². The molecule has 0 amide bonds. The summed E-state index contributed by atoms with van der Waals surface area (Å²) in [7, 11) is 0. The van der Waals surface area contributed by atoms with E-state index in [1.54, 1.807) is 0 Å². The van der Waals surface area contributed by atoms with Crippen molar-refractivity contribution in [3.8, 4) is 0 Å². The Balaban J connectivity index is 1.54. The van der Waals surface area contributed by atoms with Gasteiger partial charge in [-0.3, -0.25) is 4.90 Å². The minimum absolute atomic E-state index is 0.207. The van der Waals surface area contributed by atoms with Crippen molar-refractivity contribution in [3.63, 3.8) is 0 Å². The van der Waals surface area contributed by atoms with E-state index in [9.17, 15) is 4.39 Å². The lowest BCUT2D eigenvalue weighted by Gasteiger charge is -2.32. The van der Waals surface area contributed by atoms with Gasteiger partial charge in [0.25, 0.3) is 0 Å². The van der Waals surface area contributed by atoms with Crippen LogP contribution in [0.2, 0.25) is 0 Å². The van der Waals surface area contributed by atoms with Crippen molar-refractivity contribution < 1.29 is 13.7 Å². The zero-order valence-electron chi connectivity index (χ0n) is 16.1. The molecule has 2 atom stereocenters. The Bertz CT molecular complexity index is 879. The summed E-state index contributed by atoms with van der Waals surface area (Å²) in [5.74, 6) is 1.03. The minimum atomic E-state index is -0.207. The number of rotatable bonds is 7. The molecular weight excluding hydrogens is 355 g/mol. The summed E-state index contributed by atoms with van der Waals surface area (Å²) in [6, 6.07) is 19.5. The van der Waals surface area contributed by atoms with E-state index in [1.807, 2.05) is 31.2 Å². The lowest BCUT2D eigenvalue weighted by atomic mass is 9.95. The van der Waals surface area contributed by atoms with E-state index in [4.69, 9.17) is 9.26 Å². The fourth-order valence-corrected chi connectivity index (χ4v) is 3.89. The molecule has 2 heterocycles. The molecule has 0 N–H and O–H groups in total. The predicted octanol–water partition coefficient (Wildman–Crippen LogP) is 4.38. The Morgan fingerprint density at radius 3 is 2.39 bits per heavy atom. The molecule has 5 heteroatoms. The Morgan fingerprint density at radius 1 is 1.00 bits per heavy atom. The summed E-state index contributed by atoms with van der Waals surface area (Å²) in [4.78, 5) is 2.43. The molecule has 2 aromatic carbocycles. The molecule has 0 spiro atoms. The summed E-state index contributed by atoms with van der Waals surface area (Å²) in [5, 5.41) is 4.01. The van der Waals surface area contributed by atoms with Crippen molar-refractivity contribution in [2.75, 3.05) is 13.2 Å². The van der Waals surface area contributed by atoms with Gasteiger partial charge >= 0.3 is 0 Å². The molecule has 0 aliphatic carbocycles. The second-order valence-corrected chi connectivity index (χ2v) is 7.52. The molecule has 4 rings (SSSR count). The van der Waals surface area contributed by atoms with Crippen molar-refractivity contribution in [1.82, 2.24) is 10.1 Å². The fourth-order valence-electron chi connectivity index (χ4n) is 3.89. The first-order chi connectivity index (χ1) is 13.7. The highest BCUT2D eigenvalue weighted by Gasteiger charge is 2.34. The lowest BCUT2D eigenvalue weighted by molar-refractivity contribution is 0.127. The Kier molecular flexibility index (Phi) is 5.84. The van der Waals surface area contributed by atoms with Gasteiger partial charge in [-0.1, -0.05) is 47.6 Å². The number of nitrogens with zero attached hydrogens (tertiary/aromatic N) is 2. The Hall–Kier alpha value is -2.50. The average molecular weight is 380 g/mol.